The van der Waals surface area contributed by atoms with Crippen molar-refractivity contribution >= 4 is 0 Å². The van der Waals surface area contributed by atoms with Gasteiger partial charge in [-0.1, -0.05) is 29.8 Å². The average molecular weight is 368 g/mol. The Morgan fingerprint density at radius 1 is 1.11 bits per heavy atom. The van der Waals surface area contributed by atoms with Gasteiger partial charge in [0.05, 0.1) is 12.8 Å². The van der Waals surface area contributed by atoms with Gasteiger partial charge < -0.3 is 14.2 Å². The summed E-state index contributed by atoms with van der Waals surface area (Å²) in [6, 6.07) is 12.8. The minimum absolute atomic E-state index is 0.133. The highest BCUT2D eigenvalue weighted by molar-refractivity contribution is 5.26. The molecule has 27 heavy (non-hydrogen) atoms. The largest absolute Gasteiger partial charge is 0.467 e. The van der Waals surface area contributed by atoms with Crippen molar-refractivity contribution < 1.29 is 14.2 Å². The van der Waals surface area contributed by atoms with Crippen LogP contribution in [0.4, 0.5) is 0 Å². The molecular weight excluding hydrogens is 340 g/mol. The molecule has 2 aromatic heterocycles. The van der Waals surface area contributed by atoms with Gasteiger partial charge in [-0.25, -0.2) is 4.68 Å². The van der Waals surface area contributed by atoms with E-state index in [1.807, 2.05) is 16.8 Å². The molecule has 0 spiro atoms. The van der Waals surface area contributed by atoms with E-state index in [-0.39, 0.29) is 6.04 Å². The second-order valence-corrected chi connectivity index (χ2v) is 7.38. The Bertz CT molecular complexity index is 834. The predicted molar refractivity (Wildman–Crippen MR) is 101 cm³/mol. The lowest BCUT2D eigenvalue weighted by atomic mass is 10.0. The van der Waals surface area contributed by atoms with Crippen LogP contribution in [0.25, 0.3) is 0 Å². The summed E-state index contributed by atoms with van der Waals surface area (Å²) in [5.74, 6) is 1.77. The van der Waals surface area contributed by atoms with Crippen molar-refractivity contribution in [3.63, 3.8) is 0 Å². The van der Waals surface area contributed by atoms with Crippen LogP contribution in [0.3, 0.4) is 0 Å². The van der Waals surface area contributed by atoms with Crippen LogP contribution in [0.5, 0.6) is 0 Å². The molecule has 1 fully saturated rings. The van der Waals surface area contributed by atoms with Crippen molar-refractivity contribution in [2.24, 2.45) is 0 Å². The van der Waals surface area contributed by atoms with Crippen molar-refractivity contribution in [1.82, 2.24) is 20.2 Å². The summed E-state index contributed by atoms with van der Waals surface area (Å²) in [5.41, 5.74) is 2.54. The molecule has 0 radical (unpaired) electrons. The van der Waals surface area contributed by atoms with Gasteiger partial charge >= 0.3 is 0 Å². The number of piperazine rings is 1. The van der Waals surface area contributed by atoms with Crippen LogP contribution >= 0.6 is 0 Å². The normalized spacial score (nSPS) is 21.3. The van der Waals surface area contributed by atoms with Crippen LogP contribution < -0.4 is 9.80 Å². The van der Waals surface area contributed by atoms with Gasteiger partial charge in [-0.2, -0.15) is 0 Å². The van der Waals surface area contributed by atoms with E-state index in [1.54, 1.807) is 11.2 Å². The third-order valence-corrected chi connectivity index (χ3v) is 5.62. The van der Waals surface area contributed by atoms with E-state index in [2.05, 4.69) is 53.6 Å². The quantitative estimate of drug-likeness (QED) is 0.617. The SMILES string of the molecule is CC[NH+]1CC[NH+]([C@H](c2ccc(C)cc2)c2nnnn2Cc2ccco2)CC1. The monoisotopic (exact) mass is 368 g/mol. The molecule has 1 atom stereocenters. The Morgan fingerprint density at radius 2 is 1.89 bits per heavy atom. The van der Waals surface area contributed by atoms with E-state index >= 15 is 0 Å². The van der Waals surface area contributed by atoms with Crippen molar-refractivity contribution in [2.75, 3.05) is 32.7 Å². The van der Waals surface area contributed by atoms with Crippen LogP contribution in [0.1, 0.15) is 35.7 Å². The minimum Gasteiger partial charge on any atom is -0.467 e. The zero-order valence-electron chi connectivity index (χ0n) is 16.1. The molecule has 0 amide bonds. The number of furan rings is 1. The number of benzene rings is 1. The number of nitrogens with one attached hydrogen (secondary N) is 2. The number of hydrogen-bond donors (Lipinski definition) is 2. The highest BCUT2D eigenvalue weighted by Crippen LogP contribution is 2.18. The van der Waals surface area contributed by atoms with Crippen LogP contribution in [-0.2, 0) is 6.54 Å². The van der Waals surface area contributed by atoms with Crippen molar-refractivity contribution in [3.05, 3.63) is 65.4 Å². The van der Waals surface area contributed by atoms with E-state index in [1.165, 1.54) is 35.7 Å². The number of aryl methyl sites for hydroxylation is 1. The first kappa shape index (κ1) is 17.9. The highest BCUT2D eigenvalue weighted by Gasteiger charge is 2.35. The average Bonchev–Trinajstić information content (AvgIpc) is 3.37. The molecule has 0 bridgehead atoms. The molecule has 2 N–H and O–H groups in total. The van der Waals surface area contributed by atoms with Gasteiger partial charge in [-0.05, 0) is 36.4 Å². The molecule has 0 saturated carbocycles. The van der Waals surface area contributed by atoms with Gasteiger partial charge in [0.1, 0.15) is 38.5 Å². The van der Waals surface area contributed by atoms with Gasteiger partial charge in [-0.3, -0.25) is 0 Å². The van der Waals surface area contributed by atoms with Crippen LogP contribution in [-0.4, -0.2) is 52.9 Å². The fourth-order valence-electron chi connectivity index (χ4n) is 3.97. The number of quaternary nitrogens is 2. The molecule has 1 aliphatic rings. The summed E-state index contributed by atoms with van der Waals surface area (Å²) in [7, 11) is 0. The molecular formula is C20H28N6O+2. The fraction of sp³-hybridized carbons (Fsp3) is 0.450. The lowest BCUT2D eigenvalue weighted by Gasteiger charge is -2.33. The number of aromatic nitrogens is 4. The molecule has 7 heteroatoms. The standard InChI is InChI=1S/C20H26N6O/c1-3-24-10-12-25(13-11-24)19(17-8-6-16(2)7-9-17)20-21-22-23-26(20)15-18-5-4-14-27-18/h4-9,14,19H,3,10-13,15H2,1-2H3/p+2/t19-/m1/s1. The topological polar surface area (TPSA) is 65.6 Å². The maximum absolute atomic E-state index is 5.51. The van der Waals surface area contributed by atoms with Gasteiger partial charge in [0.2, 0.25) is 5.82 Å². The Kier molecular flexibility index (Phi) is 5.31. The van der Waals surface area contributed by atoms with Crippen LogP contribution in [0, 0.1) is 6.92 Å². The Balaban J connectivity index is 1.66. The van der Waals surface area contributed by atoms with E-state index in [0.717, 1.165) is 24.7 Å². The third kappa shape index (κ3) is 3.94. The maximum atomic E-state index is 5.51. The van der Waals surface area contributed by atoms with Gasteiger partial charge in [0, 0.05) is 5.56 Å². The molecule has 7 nitrogen and oxygen atoms in total. The Hall–Kier alpha value is -2.51. The third-order valence-electron chi connectivity index (χ3n) is 5.62. The molecule has 0 unspecified atom stereocenters. The predicted octanol–water partition coefficient (Wildman–Crippen LogP) is -0.484. The fourth-order valence-corrected chi connectivity index (χ4v) is 3.97. The number of tetrazole rings is 1. The summed E-state index contributed by atoms with van der Waals surface area (Å²) in [6.07, 6.45) is 1.69. The number of rotatable bonds is 6. The summed E-state index contributed by atoms with van der Waals surface area (Å²) in [5, 5.41) is 12.7. The Labute approximate surface area is 159 Å². The lowest BCUT2D eigenvalue weighted by Crippen LogP contribution is -3.28. The van der Waals surface area contributed by atoms with Crippen LogP contribution in [0.15, 0.2) is 47.1 Å². The molecule has 1 saturated heterocycles. The highest BCUT2D eigenvalue weighted by atomic mass is 16.3. The summed E-state index contributed by atoms with van der Waals surface area (Å²) < 4.78 is 7.39. The minimum atomic E-state index is 0.133. The second-order valence-electron chi connectivity index (χ2n) is 7.38. The van der Waals surface area contributed by atoms with E-state index in [9.17, 15) is 0 Å². The molecule has 4 rings (SSSR count). The van der Waals surface area contributed by atoms with Gasteiger partial charge in [0.15, 0.2) is 6.04 Å². The second kappa shape index (κ2) is 8.02. The number of likely N-dealkylation sites (N-methyl/N-ethyl adjacent to an activating group) is 1. The van der Waals surface area contributed by atoms with Crippen molar-refractivity contribution in [3.8, 4) is 0 Å². The summed E-state index contributed by atoms with van der Waals surface area (Å²) >= 11 is 0. The summed E-state index contributed by atoms with van der Waals surface area (Å²) in [4.78, 5) is 3.21. The van der Waals surface area contributed by atoms with Crippen LogP contribution in [0.2, 0.25) is 0 Å². The first-order chi connectivity index (χ1) is 13.2. The Morgan fingerprint density at radius 3 is 2.56 bits per heavy atom. The lowest BCUT2D eigenvalue weighted by molar-refractivity contribution is -1.02. The van der Waals surface area contributed by atoms with Crippen molar-refractivity contribution in [1.29, 1.82) is 0 Å². The van der Waals surface area contributed by atoms with Gasteiger partial charge in [0.25, 0.3) is 0 Å². The zero-order chi connectivity index (χ0) is 18.6. The first-order valence-electron chi connectivity index (χ1n) is 9.77. The van der Waals surface area contributed by atoms with Crippen molar-refractivity contribution in [2.45, 2.75) is 26.4 Å². The van der Waals surface area contributed by atoms with Gasteiger partial charge in [-0.15, -0.1) is 5.10 Å². The van der Waals surface area contributed by atoms with E-state index in [4.69, 9.17) is 4.42 Å². The molecule has 1 aromatic carbocycles. The van der Waals surface area contributed by atoms with E-state index < -0.39 is 0 Å². The first-order valence-corrected chi connectivity index (χ1v) is 9.77. The maximum Gasteiger partial charge on any atom is 0.214 e. The zero-order valence-corrected chi connectivity index (χ0v) is 16.1. The molecule has 3 heterocycles. The molecule has 0 aliphatic carbocycles. The molecule has 1 aliphatic heterocycles. The number of nitrogens with zero attached hydrogens (tertiary/aromatic N) is 4. The smallest absolute Gasteiger partial charge is 0.214 e. The molecule has 3 aromatic rings. The summed E-state index contributed by atoms with van der Waals surface area (Å²) in [6.45, 7) is 10.8. The number of hydrogen-bond acceptors (Lipinski definition) is 4. The van der Waals surface area contributed by atoms with E-state index in [0.29, 0.717) is 6.54 Å². The molecule has 142 valence electrons.